The van der Waals surface area contributed by atoms with Gasteiger partial charge in [0.2, 0.25) is 0 Å². The Morgan fingerprint density at radius 2 is 1.78 bits per heavy atom. The summed E-state index contributed by atoms with van der Waals surface area (Å²) in [5.41, 5.74) is 10.6. The summed E-state index contributed by atoms with van der Waals surface area (Å²) in [6, 6.07) is 17.2. The molecule has 0 fully saturated rings. The summed E-state index contributed by atoms with van der Waals surface area (Å²) in [6.07, 6.45) is 0.837. The highest BCUT2D eigenvalue weighted by atomic mass is 35.5. The van der Waals surface area contributed by atoms with Crippen LogP contribution in [0.2, 0.25) is 5.02 Å². The monoisotopic (exact) mass is 577 g/mol. The third-order valence-electron chi connectivity index (χ3n) is 7.29. The minimum absolute atomic E-state index is 0.0543. The molecule has 2 amide bonds. The Morgan fingerprint density at radius 1 is 1.02 bits per heavy atom. The van der Waals surface area contributed by atoms with Crippen molar-refractivity contribution in [2.45, 2.75) is 52.7 Å². The lowest BCUT2D eigenvalue weighted by Gasteiger charge is -2.25. The molecular formula is C32H36ClN3O5. The Hall–Kier alpha value is -3.72. The molecule has 0 saturated heterocycles. The Balaban J connectivity index is 1.52. The van der Waals surface area contributed by atoms with Crippen LogP contribution in [0.15, 0.2) is 60.7 Å². The fourth-order valence-corrected chi connectivity index (χ4v) is 5.00. The molecule has 0 saturated carbocycles. The Kier molecular flexibility index (Phi) is 9.81. The molecule has 0 spiro atoms. The van der Waals surface area contributed by atoms with Gasteiger partial charge in [-0.2, -0.15) is 0 Å². The van der Waals surface area contributed by atoms with Crippen LogP contribution in [0.3, 0.4) is 0 Å². The van der Waals surface area contributed by atoms with Crippen molar-refractivity contribution in [3.8, 4) is 0 Å². The molecular weight excluding hydrogens is 542 g/mol. The molecule has 3 N–H and O–H groups in total. The molecule has 0 radical (unpaired) electrons. The van der Waals surface area contributed by atoms with Gasteiger partial charge in [0, 0.05) is 39.6 Å². The number of hydrogen-bond acceptors (Lipinski definition) is 6. The van der Waals surface area contributed by atoms with Crippen LogP contribution in [-0.4, -0.2) is 37.2 Å². The van der Waals surface area contributed by atoms with Crippen molar-refractivity contribution in [3.63, 3.8) is 0 Å². The van der Waals surface area contributed by atoms with Gasteiger partial charge < -0.3 is 25.4 Å². The zero-order chi connectivity index (χ0) is 29.7. The summed E-state index contributed by atoms with van der Waals surface area (Å²) in [7, 11) is 0. The van der Waals surface area contributed by atoms with Crippen LogP contribution in [0.1, 0.15) is 70.2 Å². The lowest BCUT2D eigenvalue weighted by Crippen LogP contribution is -2.37. The van der Waals surface area contributed by atoms with Gasteiger partial charge in [-0.15, -0.1) is 0 Å². The third kappa shape index (κ3) is 7.14. The van der Waals surface area contributed by atoms with Crippen molar-refractivity contribution < 1.29 is 23.9 Å². The normalized spacial score (nSPS) is 15.6. The first-order valence-electron chi connectivity index (χ1n) is 13.7. The maximum Gasteiger partial charge on any atom is 0.325 e. The minimum atomic E-state index is -0.729. The molecule has 1 heterocycles. The summed E-state index contributed by atoms with van der Waals surface area (Å²) >= 11 is 6.34. The van der Waals surface area contributed by atoms with E-state index < -0.39 is 18.1 Å². The number of anilines is 2. The van der Waals surface area contributed by atoms with Crippen molar-refractivity contribution in [3.05, 3.63) is 93.5 Å². The fraction of sp³-hybridized carbons (Fsp3) is 0.344. The second kappa shape index (κ2) is 13.3. The minimum Gasteiger partial charge on any atom is -0.437 e. The molecule has 8 nitrogen and oxygen atoms in total. The van der Waals surface area contributed by atoms with Crippen LogP contribution in [0, 0.1) is 19.8 Å². The van der Waals surface area contributed by atoms with Crippen LogP contribution in [0.4, 0.5) is 11.4 Å². The summed E-state index contributed by atoms with van der Waals surface area (Å²) in [5.74, 6) is -0.951. The summed E-state index contributed by atoms with van der Waals surface area (Å²) in [5, 5.41) is 3.43. The van der Waals surface area contributed by atoms with E-state index in [1.807, 2.05) is 52.0 Å². The quantitative estimate of drug-likeness (QED) is 0.244. The van der Waals surface area contributed by atoms with E-state index in [0.29, 0.717) is 46.9 Å². The number of aryl methyl sites for hydroxylation is 2. The number of rotatable bonds is 8. The number of fused-ring (bicyclic) bond motifs is 1. The SMILES string of the molecule is Cc1ccccc1C(=O)Nc1ccc(C(=O)N2CCCC(OCOC(=O)C(N)C(C)C)c3cc(Cl)ccc32)c(C)c1. The molecule has 0 aliphatic carbocycles. The molecule has 9 heteroatoms. The third-order valence-corrected chi connectivity index (χ3v) is 7.52. The van der Waals surface area contributed by atoms with Crippen LogP contribution >= 0.6 is 11.6 Å². The van der Waals surface area contributed by atoms with Gasteiger partial charge in [0.05, 0.1) is 6.10 Å². The number of hydrogen-bond donors (Lipinski definition) is 2. The number of nitrogens with one attached hydrogen (secondary N) is 1. The van der Waals surface area contributed by atoms with Gasteiger partial charge in [-0.3, -0.25) is 14.4 Å². The fourth-order valence-electron chi connectivity index (χ4n) is 4.82. The summed E-state index contributed by atoms with van der Waals surface area (Å²) in [4.78, 5) is 40.5. The van der Waals surface area contributed by atoms with Crippen molar-refractivity contribution in [1.82, 2.24) is 0 Å². The average molecular weight is 578 g/mol. The molecule has 0 aromatic heterocycles. The first-order valence-corrected chi connectivity index (χ1v) is 14.1. The van der Waals surface area contributed by atoms with Gasteiger partial charge in [-0.05, 0) is 86.2 Å². The van der Waals surface area contributed by atoms with Gasteiger partial charge >= 0.3 is 5.97 Å². The number of nitrogens with zero attached hydrogens (tertiary/aromatic N) is 1. The largest absolute Gasteiger partial charge is 0.437 e. The van der Waals surface area contributed by atoms with Crippen molar-refractivity contribution >= 4 is 40.8 Å². The Bertz CT molecular complexity index is 1440. The van der Waals surface area contributed by atoms with Gasteiger partial charge in [0.25, 0.3) is 11.8 Å². The number of carbonyl (C=O) groups excluding carboxylic acids is 3. The number of amides is 2. The number of ether oxygens (including phenoxy) is 2. The van der Waals surface area contributed by atoms with Crippen LogP contribution in [0.5, 0.6) is 0 Å². The molecule has 3 aromatic rings. The van der Waals surface area contributed by atoms with E-state index in [2.05, 4.69) is 5.32 Å². The molecule has 216 valence electrons. The number of nitrogens with two attached hydrogens (primary N) is 1. The number of benzene rings is 3. The smallest absolute Gasteiger partial charge is 0.325 e. The highest BCUT2D eigenvalue weighted by Gasteiger charge is 2.29. The lowest BCUT2D eigenvalue weighted by molar-refractivity contribution is -0.164. The number of esters is 1. The van der Waals surface area contributed by atoms with E-state index in [9.17, 15) is 14.4 Å². The summed E-state index contributed by atoms with van der Waals surface area (Å²) in [6.45, 7) is 7.64. The predicted octanol–water partition coefficient (Wildman–Crippen LogP) is 6.19. The van der Waals surface area contributed by atoms with Crippen molar-refractivity contribution in [2.24, 2.45) is 11.7 Å². The molecule has 3 aromatic carbocycles. The highest BCUT2D eigenvalue weighted by molar-refractivity contribution is 6.30. The highest BCUT2D eigenvalue weighted by Crippen LogP contribution is 2.38. The lowest BCUT2D eigenvalue weighted by atomic mass is 10.0. The van der Waals surface area contributed by atoms with E-state index in [-0.39, 0.29) is 24.5 Å². The second-order valence-corrected chi connectivity index (χ2v) is 11.0. The standard InChI is InChI=1S/C32H36ClN3O5/c1-19(2)29(34)32(39)41-18-40-28-10-7-15-36(27-14-11-22(33)17-26(27)28)31(38)25-13-12-23(16-21(25)4)35-30(37)24-9-6-5-8-20(24)3/h5-6,8-9,11-14,16-17,19,28-29H,7,10,15,18,34H2,1-4H3,(H,35,37). The number of halogens is 1. The van der Waals surface area contributed by atoms with E-state index in [1.54, 1.807) is 41.3 Å². The van der Waals surface area contributed by atoms with E-state index in [0.717, 1.165) is 16.7 Å². The Morgan fingerprint density at radius 3 is 2.49 bits per heavy atom. The van der Waals surface area contributed by atoms with Crippen LogP contribution in [-0.2, 0) is 14.3 Å². The predicted molar refractivity (Wildman–Crippen MR) is 160 cm³/mol. The zero-order valence-corrected chi connectivity index (χ0v) is 24.5. The second-order valence-electron chi connectivity index (χ2n) is 10.6. The molecule has 4 rings (SSSR count). The van der Waals surface area contributed by atoms with Gasteiger partial charge in [0.1, 0.15) is 6.04 Å². The zero-order valence-electron chi connectivity index (χ0n) is 23.8. The van der Waals surface area contributed by atoms with Crippen LogP contribution < -0.4 is 16.0 Å². The summed E-state index contributed by atoms with van der Waals surface area (Å²) < 4.78 is 11.2. The van der Waals surface area contributed by atoms with Gasteiger partial charge in [0.15, 0.2) is 6.79 Å². The van der Waals surface area contributed by atoms with Crippen molar-refractivity contribution in [2.75, 3.05) is 23.6 Å². The maximum absolute atomic E-state index is 13.9. The average Bonchev–Trinajstić information content (AvgIpc) is 3.11. The van der Waals surface area contributed by atoms with E-state index in [4.69, 9.17) is 26.8 Å². The number of carbonyl (C=O) groups is 3. The maximum atomic E-state index is 13.9. The van der Waals surface area contributed by atoms with Gasteiger partial charge in [-0.1, -0.05) is 43.6 Å². The van der Waals surface area contributed by atoms with Crippen molar-refractivity contribution in [1.29, 1.82) is 0 Å². The van der Waals surface area contributed by atoms with E-state index >= 15 is 0 Å². The molecule has 41 heavy (non-hydrogen) atoms. The molecule has 1 aliphatic heterocycles. The Labute approximate surface area is 245 Å². The van der Waals surface area contributed by atoms with Crippen LogP contribution in [0.25, 0.3) is 0 Å². The molecule has 0 bridgehead atoms. The van der Waals surface area contributed by atoms with E-state index in [1.165, 1.54) is 0 Å². The topological polar surface area (TPSA) is 111 Å². The van der Waals surface area contributed by atoms with Gasteiger partial charge in [-0.25, -0.2) is 0 Å². The first-order chi connectivity index (χ1) is 19.6. The first kappa shape index (κ1) is 30.2. The molecule has 1 aliphatic rings. The molecule has 2 atom stereocenters. The molecule has 2 unspecified atom stereocenters.